The molecule has 0 spiro atoms. The van der Waals surface area contributed by atoms with Crippen LogP contribution in [0.15, 0.2) is 59.6 Å². The van der Waals surface area contributed by atoms with Crippen LogP contribution < -0.4 is 56.1 Å². The molecule has 2 fully saturated rings. The standard InChI is InChI=1S/C23H24ClN4O2S.K/c24-23-20(27-30-31-18-4-2-1-3-5-18)10-11-21(25-23)28-14-12-22(26-28)29-15-13-19(16-6-7-16)17-8-9-17;/h1-5,10-12,14,16-17,19H,6-9,13,15H2;/q-1;+1. The van der Waals surface area contributed by atoms with Crippen molar-refractivity contribution in [3.05, 3.63) is 65.4 Å². The van der Waals surface area contributed by atoms with Crippen LogP contribution in [0.4, 0.5) is 5.69 Å². The van der Waals surface area contributed by atoms with Gasteiger partial charge in [0.2, 0.25) is 5.88 Å². The summed E-state index contributed by atoms with van der Waals surface area (Å²) in [6.07, 6.45) is 8.57. The maximum absolute atomic E-state index is 6.29. The number of hydrogen-bond donors (Lipinski definition) is 0. The van der Waals surface area contributed by atoms with E-state index in [0.29, 0.717) is 17.4 Å². The van der Waals surface area contributed by atoms with Crippen molar-refractivity contribution in [3.63, 3.8) is 0 Å². The second-order valence-electron chi connectivity index (χ2n) is 8.12. The molecule has 2 saturated carbocycles. The molecule has 0 atom stereocenters. The van der Waals surface area contributed by atoms with Crippen LogP contribution in [0.5, 0.6) is 5.88 Å². The number of hydrogen-bond acceptors (Lipinski definition) is 5. The summed E-state index contributed by atoms with van der Waals surface area (Å²) in [5.74, 6) is 3.95. The number of pyridine rings is 1. The average molecular weight is 495 g/mol. The van der Waals surface area contributed by atoms with Gasteiger partial charge in [0.05, 0.1) is 6.61 Å². The Morgan fingerprint density at radius 2 is 1.81 bits per heavy atom. The Morgan fingerprint density at radius 3 is 2.50 bits per heavy atom. The van der Waals surface area contributed by atoms with Crippen LogP contribution in [-0.2, 0) is 4.28 Å². The molecule has 3 aromatic rings. The summed E-state index contributed by atoms with van der Waals surface area (Å²) in [4.78, 5) is 5.34. The monoisotopic (exact) mass is 494 g/mol. The largest absolute Gasteiger partial charge is 1.00 e. The maximum atomic E-state index is 6.29. The first-order chi connectivity index (χ1) is 15.3. The summed E-state index contributed by atoms with van der Waals surface area (Å²) in [5, 5.41) is 4.73. The normalized spacial score (nSPS) is 15.4. The number of halogens is 1. The quantitative estimate of drug-likeness (QED) is 0.176. The van der Waals surface area contributed by atoms with Crippen LogP contribution in [0, 0.1) is 17.8 Å². The second kappa shape index (κ2) is 11.7. The van der Waals surface area contributed by atoms with E-state index in [1.165, 1.54) is 25.7 Å². The van der Waals surface area contributed by atoms with Gasteiger partial charge in [-0.05, 0) is 68.1 Å². The van der Waals surface area contributed by atoms with E-state index in [9.17, 15) is 0 Å². The minimum absolute atomic E-state index is 0. The molecule has 6 nitrogen and oxygen atoms in total. The molecule has 0 saturated heterocycles. The third kappa shape index (κ3) is 6.73. The molecule has 9 heteroatoms. The predicted molar refractivity (Wildman–Crippen MR) is 122 cm³/mol. The smallest absolute Gasteiger partial charge is 0.546 e. The molecule has 0 radical (unpaired) electrons. The van der Waals surface area contributed by atoms with Gasteiger partial charge in [-0.25, -0.2) is 9.67 Å². The molecule has 0 amide bonds. The van der Waals surface area contributed by atoms with E-state index in [4.69, 9.17) is 20.6 Å². The van der Waals surface area contributed by atoms with E-state index in [0.717, 1.165) is 47.7 Å². The van der Waals surface area contributed by atoms with E-state index in [-0.39, 0.29) is 56.5 Å². The fourth-order valence-electron chi connectivity index (χ4n) is 3.91. The van der Waals surface area contributed by atoms with Crippen LogP contribution >= 0.6 is 23.6 Å². The predicted octanol–water partition coefficient (Wildman–Crippen LogP) is 3.77. The van der Waals surface area contributed by atoms with Gasteiger partial charge in [0.1, 0.15) is 5.15 Å². The first-order valence-corrected chi connectivity index (χ1v) is 11.8. The average Bonchev–Trinajstić information content (AvgIpc) is 3.73. The summed E-state index contributed by atoms with van der Waals surface area (Å²) < 4.78 is 12.9. The van der Waals surface area contributed by atoms with Crippen molar-refractivity contribution in [2.75, 3.05) is 6.61 Å². The number of benzene rings is 1. The summed E-state index contributed by atoms with van der Waals surface area (Å²) >= 11 is 7.45. The molecule has 32 heavy (non-hydrogen) atoms. The Morgan fingerprint density at radius 1 is 1.06 bits per heavy atom. The first-order valence-electron chi connectivity index (χ1n) is 10.7. The fourth-order valence-corrected chi connectivity index (χ4v) is 4.56. The van der Waals surface area contributed by atoms with Gasteiger partial charge in [-0.3, -0.25) is 0 Å². The van der Waals surface area contributed by atoms with Crippen molar-refractivity contribution in [1.82, 2.24) is 14.8 Å². The minimum Gasteiger partial charge on any atom is -0.546 e. The molecular formula is C23H24ClKN4O2S. The summed E-state index contributed by atoms with van der Waals surface area (Å²) in [5.41, 5.74) is 4.51. The second-order valence-corrected chi connectivity index (χ2v) is 9.26. The molecule has 0 unspecified atom stereocenters. The summed E-state index contributed by atoms with van der Waals surface area (Å²) in [7, 11) is 0. The van der Waals surface area contributed by atoms with Gasteiger partial charge >= 0.3 is 51.4 Å². The minimum atomic E-state index is 0. The van der Waals surface area contributed by atoms with E-state index in [1.807, 2.05) is 42.6 Å². The van der Waals surface area contributed by atoms with Crippen LogP contribution in [0.25, 0.3) is 11.3 Å². The third-order valence-electron chi connectivity index (χ3n) is 5.78. The molecule has 2 aromatic heterocycles. The maximum Gasteiger partial charge on any atom is 1.00 e. The molecule has 0 aliphatic heterocycles. The summed E-state index contributed by atoms with van der Waals surface area (Å²) in [6.45, 7) is 0.719. The van der Waals surface area contributed by atoms with Gasteiger partial charge in [0.25, 0.3) is 0 Å². The zero-order valence-corrected chi connectivity index (χ0v) is 22.8. The van der Waals surface area contributed by atoms with Gasteiger partial charge in [-0.2, -0.15) is 0 Å². The Labute approximate surface area is 240 Å². The van der Waals surface area contributed by atoms with E-state index in [1.54, 1.807) is 16.8 Å². The van der Waals surface area contributed by atoms with Crippen molar-refractivity contribution in [2.45, 2.75) is 37.0 Å². The molecule has 5 rings (SSSR count). The molecule has 2 aliphatic carbocycles. The fraction of sp³-hybridized carbons (Fsp3) is 0.391. The topological polar surface area (TPSA) is 63.3 Å². The molecule has 2 aliphatic rings. The van der Waals surface area contributed by atoms with Gasteiger partial charge < -0.3 is 14.5 Å². The number of ether oxygens (including phenoxy) is 1. The van der Waals surface area contributed by atoms with Crippen LogP contribution in [0.3, 0.4) is 0 Å². The Hall–Kier alpha value is -0.584. The Balaban J connectivity index is 0.00000245. The molecule has 0 N–H and O–H groups in total. The van der Waals surface area contributed by atoms with Crippen molar-refractivity contribution in [2.24, 2.45) is 17.8 Å². The van der Waals surface area contributed by atoms with E-state index in [2.05, 4.69) is 15.6 Å². The third-order valence-corrected chi connectivity index (χ3v) is 6.67. The van der Waals surface area contributed by atoms with Crippen molar-refractivity contribution in [1.29, 1.82) is 0 Å². The molecule has 0 bridgehead atoms. The van der Waals surface area contributed by atoms with E-state index >= 15 is 0 Å². The van der Waals surface area contributed by atoms with Crippen LogP contribution in [-0.4, -0.2) is 21.4 Å². The molecule has 162 valence electrons. The molecular weight excluding hydrogens is 471 g/mol. The van der Waals surface area contributed by atoms with Gasteiger partial charge in [0, 0.05) is 29.2 Å². The van der Waals surface area contributed by atoms with Gasteiger partial charge in [0.15, 0.2) is 5.82 Å². The van der Waals surface area contributed by atoms with Gasteiger partial charge in [-0.15, -0.1) is 5.10 Å². The zero-order chi connectivity index (χ0) is 21.0. The van der Waals surface area contributed by atoms with E-state index < -0.39 is 0 Å². The Kier molecular flexibility index (Phi) is 8.98. The number of rotatable bonds is 11. The van der Waals surface area contributed by atoms with Crippen LogP contribution in [0.1, 0.15) is 32.1 Å². The Bertz CT molecular complexity index is 1000. The SMILES string of the molecule is Clc1nc(-n2ccc(OCCC(C3CC3)C3CC3)n2)ccc1[N-]OSc1ccccc1.[K+]. The van der Waals surface area contributed by atoms with Crippen molar-refractivity contribution < 1.29 is 60.4 Å². The van der Waals surface area contributed by atoms with Crippen LogP contribution in [0.2, 0.25) is 5.15 Å². The van der Waals surface area contributed by atoms with Crippen molar-refractivity contribution >= 4 is 29.3 Å². The van der Waals surface area contributed by atoms with Crippen molar-refractivity contribution in [3.8, 4) is 11.7 Å². The molecule has 1 aromatic carbocycles. The zero-order valence-electron chi connectivity index (χ0n) is 18.1. The number of aromatic nitrogens is 3. The molecule has 2 heterocycles. The van der Waals surface area contributed by atoms with Gasteiger partial charge in [-0.1, -0.05) is 41.6 Å². The number of nitrogens with zero attached hydrogens (tertiary/aromatic N) is 4. The summed E-state index contributed by atoms with van der Waals surface area (Å²) in [6, 6.07) is 15.1. The first kappa shape index (κ1) is 24.5.